The summed E-state index contributed by atoms with van der Waals surface area (Å²) in [6.45, 7) is 3.13. The number of hydrogen-bond acceptors (Lipinski definition) is 6. The summed E-state index contributed by atoms with van der Waals surface area (Å²) in [6, 6.07) is 17.3. The number of anilines is 1. The summed E-state index contributed by atoms with van der Waals surface area (Å²) in [5, 5.41) is 20.7. The van der Waals surface area contributed by atoms with E-state index in [4.69, 9.17) is 10.00 Å². The van der Waals surface area contributed by atoms with Crippen LogP contribution in [0.4, 0.5) is 13.9 Å². The van der Waals surface area contributed by atoms with Gasteiger partial charge in [0.05, 0.1) is 23.2 Å². The highest BCUT2D eigenvalue weighted by molar-refractivity contribution is 7.14. The van der Waals surface area contributed by atoms with Crippen LogP contribution in [0.3, 0.4) is 0 Å². The molecule has 0 bridgehead atoms. The van der Waals surface area contributed by atoms with Crippen molar-refractivity contribution in [1.29, 1.82) is 5.26 Å². The number of ether oxygens (including phenoxy) is 1. The fourth-order valence-electron chi connectivity index (χ4n) is 4.67. The highest BCUT2D eigenvalue weighted by Crippen LogP contribution is 2.37. The van der Waals surface area contributed by atoms with Gasteiger partial charge in [-0.3, -0.25) is 4.79 Å². The molecule has 39 heavy (non-hydrogen) atoms. The molecule has 5 rings (SSSR count). The number of thiazole rings is 1. The second kappa shape index (κ2) is 11.2. The number of aliphatic carboxylic acids is 1. The smallest absolute Gasteiger partial charge is 0.306 e. The lowest BCUT2D eigenvalue weighted by atomic mass is 9.97. The first-order valence-corrected chi connectivity index (χ1v) is 13.4. The van der Waals surface area contributed by atoms with Crippen molar-refractivity contribution in [2.24, 2.45) is 5.92 Å². The Bertz CT molecular complexity index is 1550. The molecule has 4 aromatic rings. The van der Waals surface area contributed by atoms with Gasteiger partial charge in [-0.05, 0) is 60.2 Å². The summed E-state index contributed by atoms with van der Waals surface area (Å²) in [5.41, 5.74) is 4.97. The number of nitriles is 1. The van der Waals surface area contributed by atoms with Gasteiger partial charge in [0.1, 0.15) is 12.4 Å². The topological polar surface area (TPSA) is 86.5 Å². The molecule has 0 saturated carbocycles. The maximum Gasteiger partial charge on any atom is 0.306 e. The van der Waals surface area contributed by atoms with Gasteiger partial charge in [-0.25, -0.2) is 13.8 Å². The molecular formula is C30H25F2N3O3S. The minimum Gasteiger partial charge on any atom is -0.485 e. The summed E-state index contributed by atoms with van der Waals surface area (Å²) >= 11 is 1.35. The van der Waals surface area contributed by atoms with E-state index in [0.29, 0.717) is 42.3 Å². The highest BCUT2D eigenvalue weighted by atomic mass is 32.1. The molecule has 0 amide bonds. The van der Waals surface area contributed by atoms with Gasteiger partial charge in [0.25, 0.3) is 0 Å². The van der Waals surface area contributed by atoms with E-state index in [1.165, 1.54) is 17.4 Å². The number of rotatable bonds is 7. The Morgan fingerprint density at radius 3 is 2.51 bits per heavy atom. The van der Waals surface area contributed by atoms with Gasteiger partial charge in [0.15, 0.2) is 16.7 Å². The number of nitrogens with zero attached hydrogens (tertiary/aromatic N) is 3. The first kappa shape index (κ1) is 26.3. The van der Waals surface area contributed by atoms with Gasteiger partial charge in [0, 0.05) is 30.1 Å². The average molecular weight is 546 g/mol. The maximum atomic E-state index is 14.9. The number of piperidine rings is 1. The van der Waals surface area contributed by atoms with Gasteiger partial charge < -0.3 is 14.7 Å². The zero-order chi connectivity index (χ0) is 27.5. The molecule has 0 aliphatic carbocycles. The van der Waals surface area contributed by atoms with Crippen molar-refractivity contribution in [2.45, 2.75) is 26.4 Å². The molecule has 198 valence electrons. The molecule has 1 aromatic heterocycles. The molecule has 1 aliphatic rings. The minimum absolute atomic E-state index is 0.0756. The van der Waals surface area contributed by atoms with Crippen LogP contribution < -0.4 is 9.64 Å². The van der Waals surface area contributed by atoms with Crippen molar-refractivity contribution in [3.63, 3.8) is 0 Å². The molecule has 1 aliphatic heterocycles. The van der Waals surface area contributed by atoms with Gasteiger partial charge in [-0.1, -0.05) is 30.3 Å². The van der Waals surface area contributed by atoms with E-state index in [-0.39, 0.29) is 23.8 Å². The number of hydrogen-bond donors (Lipinski definition) is 1. The molecule has 2 heterocycles. The Labute approximate surface area is 228 Å². The Hall–Kier alpha value is -4.29. The van der Waals surface area contributed by atoms with Crippen LogP contribution in [-0.2, 0) is 11.4 Å². The highest BCUT2D eigenvalue weighted by Gasteiger charge is 2.26. The summed E-state index contributed by atoms with van der Waals surface area (Å²) < 4.78 is 35.1. The largest absolute Gasteiger partial charge is 0.485 e. The van der Waals surface area contributed by atoms with E-state index in [0.717, 1.165) is 28.3 Å². The number of carbonyl (C=O) groups is 1. The van der Waals surface area contributed by atoms with E-state index in [2.05, 4.69) is 11.1 Å². The van der Waals surface area contributed by atoms with Crippen LogP contribution in [0.25, 0.3) is 22.4 Å². The van der Waals surface area contributed by atoms with Crippen LogP contribution in [-0.4, -0.2) is 29.1 Å². The fraction of sp³-hybridized carbons (Fsp3) is 0.233. The number of halogens is 2. The van der Waals surface area contributed by atoms with Crippen molar-refractivity contribution >= 4 is 22.4 Å². The van der Waals surface area contributed by atoms with E-state index in [9.17, 15) is 18.7 Å². The lowest BCUT2D eigenvalue weighted by Gasteiger charge is -2.29. The van der Waals surface area contributed by atoms with Crippen molar-refractivity contribution in [1.82, 2.24) is 4.98 Å². The third kappa shape index (κ3) is 5.76. The van der Waals surface area contributed by atoms with Gasteiger partial charge in [-0.2, -0.15) is 5.26 Å². The Morgan fingerprint density at radius 2 is 1.85 bits per heavy atom. The van der Waals surface area contributed by atoms with Crippen LogP contribution in [0, 0.1) is 35.8 Å². The van der Waals surface area contributed by atoms with Crippen molar-refractivity contribution in [3.8, 4) is 34.2 Å². The van der Waals surface area contributed by atoms with Gasteiger partial charge in [0.2, 0.25) is 0 Å². The number of carboxylic acid groups (broad SMARTS) is 1. The molecule has 1 saturated heterocycles. The monoisotopic (exact) mass is 545 g/mol. The summed E-state index contributed by atoms with van der Waals surface area (Å²) in [4.78, 5) is 17.9. The Kier molecular flexibility index (Phi) is 7.57. The van der Waals surface area contributed by atoms with E-state index in [1.807, 2.05) is 42.2 Å². The quantitative estimate of drug-likeness (QED) is 0.274. The van der Waals surface area contributed by atoms with Crippen LogP contribution in [0.5, 0.6) is 5.75 Å². The molecule has 1 fully saturated rings. The number of carboxylic acids is 1. The molecule has 1 N–H and O–H groups in total. The summed E-state index contributed by atoms with van der Waals surface area (Å²) in [7, 11) is 0. The van der Waals surface area contributed by atoms with Crippen LogP contribution in [0.2, 0.25) is 0 Å². The molecule has 9 heteroatoms. The standard InChI is InChI=1S/C30H25F2N3O3S/c1-18-12-22(20-4-2-19(15-33)3-5-20)6-7-23(18)16-38-28-25(13-24(31)14-26(28)32)27-17-39-30(34-27)35-10-8-21(9-11-35)29(36)37/h2-7,12-14,17,21H,8-11,16H2,1H3,(H,36,37). The van der Waals surface area contributed by atoms with E-state index < -0.39 is 17.6 Å². The first-order valence-electron chi connectivity index (χ1n) is 12.5. The molecular weight excluding hydrogens is 520 g/mol. The summed E-state index contributed by atoms with van der Waals surface area (Å²) in [6.07, 6.45) is 1.05. The molecule has 3 aromatic carbocycles. The molecule has 6 nitrogen and oxygen atoms in total. The minimum atomic E-state index is -0.811. The number of benzene rings is 3. The summed E-state index contributed by atoms with van der Waals surface area (Å²) in [5.74, 6) is -2.76. The predicted octanol–water partition coefficient (Wildman–Crippen LogP) is 6.82. The first-order chi connectivity index (χ1) is 18.8. The normalized spacial score (nSPS) is 13.7. The van der Waals surface area contributed by atoms with E-state index in [1.54, 1.807) is 17.5 Å². The number of aromatic nitrogens is 1. The second-order valence-electron chi connectivity index (χ2n) is 9.50. The van der Waals surface area contributed by atoms with Crippen molar-refractivity contribution in [2.75, 3.05) is 18.0 Å². The molecule has 0 atom stereocenters. The van der Waals surface area contributed by atoms with Gasteiger partial charge in [-0.15, -0.1) is 11.3 Å². The maximum absolute atomic E-state index is 14.9. The SMILES string of the molecule is Cc1cc(-c2ccc(C#N)cc2)ccc1COc1c(F)cc(F)cc1-c1csc(N2CCC(C(=O)O)CC2)n1. The van der Waals surface area contributed by atoms with Crippen LogP contribution in [0.15, 0.2) is 60.0 Å². The zero-order valence-corrected chi connectivity index (χ0v) is 22.0. The van der Waals surface area contributed by atoms with Crippen LogP contribution >= 0.6 is 11.3 Å². The predicted molar refractivity (Wildman–Crippen MR) is 146 cm³/mol. The van der Waals surface area contributed by atoms with E-state index >= 15 is 0 Å². The molecule has 0 spiro atoms. The van der Waals surface area contributed by atoms with Crippen LogP contribution in [0.1, 0.15) is 29.5 Å². The fourth-order valence-corrected chi connectivity index (χ4v) is 5.55. The lowest BCUT2D eigenvalue weighted by molar-refractivity contribution is -0.142. The third-order valence-corrected chi connectivity index (χ3v) is 7.85. The Balaban J connectivity index is 1.34. The lowest BCUT2D eigenvalue weighted by Crippen LogP contribution is -2.36. The third-order valence-electron chi connectivity index (χ3n) is 6.95. The van der Waals surface area contributed by atoms with Crippen molar-refractivity contribution < 1.29 is 23.4 Å². The number of aryl methyl sites for hydroxylation is 1. The molecule has 0 unspecified atom stereocenters. The van der Waals surface area contributed by atoms with Crippen molar-refractivity contribution in [3.05, 3.63) is 88.3 Å². The van der Waals surface area contributed by atoms with Gasteiger partial charge >= 0.3 is 5.97 Å². The zero-order valence-electron chi connectivity index (χ0n) is 21.2. The Morgan fingerprint density at radius 1 is 1.13 bits per heavy atom. The molecule has 0 radical (unpaired) electrons. The average Bonchev–Trinajstić information content (AvgIpc) is 3.43. The second-order valence-corrected chi connectivity index (χ2v) is 10.3.